The topological polar surface area (TPSA) is 41.9 Å². The molecule has 2 aliphatic carbocycles. The van der Waals surface area contributed by atoms with E-state index in [1.807, 2.05) is 0 Å². The minimum atomic E-state index is -4.55. The number of rotatable bonds is 4. The SMILES string of the molecule is COC1=C(O)CC2=C(CCN(CC3CCCC(OC(F)(F)F)C3)C2C)C1. The summed E-state index contributed by atoms with van der Waals surface area (Å²) in [5.74, 6) is 1.18. The first-order valence-corrected chi connectivity index (χ1v) is 9.41. The van der Waals surface area contributed by atoms with Crippen molar-refractivity contribution in [1.82, 2.24) is 4.90 Å². The number of ether oxygens (including phenoxy) is 2. The van der Waals surface area contributed by atoms with Crippen molar-refractivity contribution in [3.8, 4) is 0 Å². The van der Waals surface area contributed by atoms with Crippen LogP contribution in [0.15, 0.2) is 22.7 Å². The summed E-state index contributed by atoms with van der Waals surface area (Å²) in [7, 11) is 1.58. The highest BCUT2D eigenvalue weighted by molar-refractivity contribution is 5.34. The second-order valence-corrected chi connectivity index (χ2v) is 7.70. The van der Waals surface area contributed by atoms with Crippen molar-refractivity contribution >= 4 is 0 Å². The van der Waals surface area contributed by atoms with Crippen molar-refractivity contribution in [3.63, 3.8) is 0 Å². The highest BCUT2D eigenvalue weighted by Crippen LogP contribution is 2.39. The van der Waals surface area contributed by atoms with E-state index in [0.717, 1.165) is 32.4 Å². The van der Waals surface area contributed by atoms with E-state index in [-0.39, 0.29) is 12.0 Å². The zero-order chi connectivity index (χ0) is 18.9. The number of nitrogens with zero attached hydrogens (tertiary/aromatic N) is 1. The third-order valence-corrected chi connectivity index (χ3v) is 6.03. The molecule has 0 amide bonds. The van der Waals surface area contributed by atoms with Crippen LogP contribution in [0.1, 0.15) is 51.9 Å². The zero-order valence-corrected chi connectivity index (χ0v) is 15.4. The Bertz CT molecular complexity index is 585. The molecule has 3 rings (SSSR count). The summed E-state index contributed by atoms with van der Waals surface area (Å²) >= 11 is 0. The van der Waals surface area contributed by atoms with Crippen LogP contribution in [0.2, 0.25) is 0 Å². The maximum Gasteiger partial charge on any atom is 0.522 e. The van der Waals surface area contributed by atoms with Gasteiger partial charge in [0.25, 0.3) is 0 Å². The van der Waals surface area contributed by atoms with E-state index >= 15 is 0 Å². The summed E-state index contributed by atoms with van der Waals surface area (Å²) in [4.78, 5) is 2.35. The van der Waals surface area contributed by atoms with Gasteiger partial charge in [0.05, 0.1) is 13.2 Å². The maximum absolute atomic E-state index is 12.5. The Morgan fingerprint density at radius 1 is 1.23 bits per heavy atom. The van der Waals surface area contributed by atoms with Crippen LogP contribution in [0.3, 0.4) is 0 Å². The Morgan fingerprint density at radius 3 is 2.69 bits per heavy atom. The van der Waals surface area contributed by atoms with Crippen LogP contribution in [0, 0.1) is 5.92 Å². The predicted molar refractivity (Wildman–Crippen MR) is 91.5 cm³/mol. The Kier molecular flexibility index (Phi) is 5.87. The number of hydrogen-bond donors (Lipinski definition) is 1. The van der Waals surface area contributed by atoms with Gasteiger partial charge in [-0.3, -0.25) is 9.64 Å². The molecule has 26 heavy (non-hydrogen) atoms. The van der Waals surface area contributed by atoms with E-state index in [1.165, 1.54) is 11.1 Å². The third kappa shape index (κ3) is 4.55. The molecule has 0 bridgehead atoms. The lowest BCUT2D eigenvalue weighted by molar-refractivity contribution is -0.346. The molecule has 3 atom stereocenters. The molecule has 0 aromatic carbocycles. The average molecular weight is 375 g/mol. The van der Waals surface area contributed by atoms with E-state index < -0.39 is 12.5 Å². The van der Waals surface area contributed by atoms with Gasteiger partial charge in [0.1, 0.15) is 11.5 Å². The standard InChI is InChI=1S/C19H28F3NO3/c1-12-16-10-17(24)18(25-2)9-14(16)6-7-23(12)11-13-4-3-5-15(8-13)26-19(20,21)22/h12-13,15,24H,3-11H2,1-2H3. The fourth-order valence-corrected chi connectivity index (χ4v) is 4.67. The summed E-state index contributed by atoms with van der Waals surface area (Å²) in [5, 5.41) is 10.2. The molecule has 1 heterocycles. The van der Waals surface area contributed by atoms with Crippen LogP contribution < -0.4 is 0 Å². The summed E-state index contributed by atoms with van der Waals surface area (Å²) in [5.41, 5.74) is 2.58. The van der Waals surface area contributed by atoms with Crippen LogP contribution in [0.5, 0.6) is 0 Å². The Hall–Kier alpha value is -1.21. The first kappa shape index (κ1) is 19.5. The van der Waals surface area contributed by atoms with Gasteiger partial charge < -0.3 is 9.84 Å². The van der Waals surface area contributed by atoms with Gasteiger partial charge in [0.15, 0.2) is 0 Å². The molecule has 0 aromatic rings. The van der Waals surface area contributed by atoms with Crippen LogP contribution in [0.4, 0.5) is 13.2 Å². The van der Waals surface area contributed by atoms with Crippen LogP contribution >= 0.6 is 0 Å². The second kappa shape index (κ2) is 7.80. The molecule has 0 saturated heterocycles. The van der Waals surface area contributed by atoms with Gasteiger partial charge in [-0.25, -0.2) is 0 Å². The number of allylic oxidation sites excluding steroid dienone is 2. The fourth-order valence-electron chi connectivity index (χ4n) is 4.67. The van der Waals surface area contributed by atoms with E-state index in [4.69, 9.17) is 4.74 Å². The van der Waals surface area contributed by atoms with Gasteiger partial charge in [-0.15, -0.1) is 13.2 Å². The quantitative estimate of drug-likeness (QED) is 0.725. The van der Waals surface area contributed by atoms with Crippen molar-refractivity contribution in [2.75, 3.05) is 20.2 Å². The van der Waals surface area contributed by atoms with Crippen molar-refractivity contribution in [2.45, 2.75) is 70.4 Å². The highest BCUT2D eigenvalue weighted by Gasteiger charge is 2.37. The van der Waals surface area contributed by atoms with E-state index in [9.17, 15) is 18.3 Å². The first-order chi connectivity index (χ1) is 12.3. The molecule has 148 valence electrons. The Morgan fingerprint density at radius 2 is 2.00 bits per heavy atom. The molecular weight excluding hydrogens is 347 g/mol. The van der Waals surface area contributed by atoms with Gasteiger partial charge in [0.2, 0.25) is 0 Å². The Labute approximate surface area is 152 Å². The van der Waals surface area contributed by atoms with Gasteiger partial charge in [-0.2, -0.15) is 0 Å². The molecule has 0 aromatic heterocycles. The third-order valence-electron chi connectivity index (χ3n) is 6.03. The molecule has 1 aliphatic heterocycles. The molecule has 0 spiro atoms. The maximum atomic E-state index is 12.5. The molecule has 0 radical (unpaired) electrons. The lowest BCUT2D eigenvalue weighted by atomic mass is 9.82. The van der Waals surface area contributed by atoms with Gasteiger partial charge >= 0.3 is 6.36 Å². The van der Waals surface area contributed by atoms with Crippen LogP contribution in [-0.4, -0.2) is 48.7 Å². The monoisotopic (exact) mass is 375 g/mol. The fraction of sp³-hybridized carbons (Fsp3) is 0.789. The van der Waals surface area contributed by atoms with E-state index in [2.05, 4.69) is 16.6 Å². The molecular formula is C19H28F3NO3. The molecule has 1 N–H and O–H groups in total. The smallest absolute Gasteiger partial charge is 0.508 e. The van der Waals surface area contributed by atoms with E-state index in [0.29, 0.717) is 37.2 Å². The highest BCUT2D eigenvalue weighted by atomic mass is 19.4. The van der Waals surface area contributed by atoms with Gasteiger partial charge in [-0.1, -0.05) is 12.0 Å². The average Bonchev–Trinajstić information content (AvgIpc) is 2.56. The molecule has 4 nitrogen and oxygen atoms in total. The second-order valence-electron chi connectivity index (χ2n) is 7.70. The van der Waals surface area contributed by atoms with Gasteiger partial charge in [-0.05, 0) is 44.1 Å². The molecule has 1 saturated carbocycles. The molecule has 3 aliphatic rings. The minimum absolute atomic E-state index is 0.197. The van der Waals surface area contributed by atoms with Crippen LogP contribution in [-0.2, 0) is 9.47 Å². The number of alkyl halides is 3. The zero-order valence-electron chi connectivity index (χ0n) is 15.4. The van der Waals surface area contributed by atoms with Crippen molar-refractivity contribution in [3.05, 3.63) is 22.7 Å². The van der Waals surface area contributed by atoms with Gasteiger partial charge in [0, 0.05) is 32.0 Å². The summed E-state index contributed by atoms with van der Waals surface area (Å²) in [6.07, 6.45) is -0.470. The number of halogens is 3. The van der Waals surface area contributed by atoms with Crippen molar-refractivity contribution < 1.29 is 27.8 Å². The summed E-state index contributed by atoms with van der Waals surface area (Å²) in [6.45, 7) is 3.82. The number of hydrogen-bond acceptors (Lipinski definition) is 4. The lowest BCUT2D eigenvalue weighted by Gasteiger charge is -2.41. The predicted octanol–water partition coefficient (Wildman–Crippen LogP) is 4.68. The first-order valence-electron chi connectivity index (χ1n) is 9.41. The lowest BCUT2D eigenvalue weighted by Crippen LogP contribution is -2.44. The van der Waals surface area contributed by atoms with Crippen molar-refractivity contribution in [1.29, 1.82) is 0 Å². The normalized spacial score (nSPS) is 31.2. The molecule has 7 heteroatoms. The largest absolute Gasteiger partial charge is 0.522 e. The summed E-state index contributed by atoms with van der Waals surface area (Å²) < 4.78 is 47.0. The van der Waals surface area contributed by atoms with E-state index in [1.54, 1.807) is 7.11 Å². The van der Waals surface area contributed by atoms with Crippen LogP contribution in [0.25, 0.3) is 0 Å². The molecule has 1 fully saturated rings. The number of aliphatic hydroxyl groups excluding tert-OH is 1. The number of methoxy groups -OCH3 is 1. The minimum Gasteiger partial charge on any atom is -0.508 e. The van der Waals surface area contributed by atoms with Crippen molar-refractivity contribution in [2.24, 2.45) is 5.92 Å². The summed E-state index contributed by atoms with van der Waals surface area (Å²) in [6, 6.07) is 0.197. The Balaban J connectivity index is 1.59. The molecule has 3 unspecified atom stereocenters. The number of aliphatic hydroxyl groups is 1.